The third-order valence-corrected chi connectivity index (χ3v) is 6.07. The highest BCUT2D eigenvalue weighted by Gasteiger charge is 2.34. The number of fused-ring (bicyclic) bond motifs is 1. The Labute approximate surface area is 168 Å². The molecular weight excluding hydrogens is 374 g/mol. The molecule has 1 amide bonds. The number of methoxy groups -OCH3 is 2. The molecule has 4 rings (SSSR count). The normalized spacial score (nSPS) is 14.0. The van der Waals surface area contributed by atoms with Gasteiger partial charge in [-0.25, -0.2) is 4.98 Å². The fraction of sp³-hybridized carbons (Fsp3) is 0.333. The fourth-order valence-electron chi connectivity index (χ4n) is 3.33. The Morgan fingerprint density at radius 3 is 2.82 bits per heavy atom. The zero-order valence-corrected chi connectivity index (χ0v) is 16.8. The van der Waals surface area contributed by atoms with E-state index < -0.39 is 0 Å². The zero-order chi connectivity index (χ0) is 19.5. The maximum atomic E-state index is 12.4. The van der Waals surface area contributed by atoms with Gasteiger partial charge in [-0.3, -0.25) is 4.79 Å². The summed E-state index contributed by atoms with van der Waals surface area (Å²) in [7, 11) is 3.33. The van der Waals surface area contributed by atoms with Crippen LogP contribution < -0.4 is 19.7 Å². The molecule has 1 N–H and O–H groups in total. The van der Waals surface area contributed by atoms with Crippen LogP contribution in [0.25, 0.3) is 10.2 Å². The van der Waals surface area contributed by atoms with Crippen LogP contribution in [-0.2, 0) is 11.2 Å². The summed E-state index contributed by atoms with van der Waals surface area (Å²) in [6.07, 6.45) is 0.756. The number of carbonyl (C=O) groups excluding carboxylic acids is 1. The third-order valence-electron chi connectivity index (χ3n) is 4.99. The van der Waals surface area contributed by atoms with Crippen LogP contribution in [0.3, 0.4) is 0 Å². The second-order valence-electron chi connectivity index (χ2n) is 6.78. The topological polar surface area (TPSA) is 63.7 Å². The van der Waals surface area contributed by atoms with Gasteiger partial charge in [0.15, 0.2) is 5.13 Å². The average Bonchev–Trinajstić information content (AvgIpc) is 3.09. The van der Waals surface area contributed by atoms with Gasteiger partial charge in [-0.2, -0.15) is 0 Å². The number of benzene rings is 2. The number of anilines is 1. The van der Waals surface area contributed by atoms with E-state index in [0.717, 1.165) is 38.8 Å². The molecule has 0 unspecified atom stereocenters. The van der Waals surface area contributed by atoms with Gasteiger partial charge in [0.2, 0.25) is 5.91 Å². The maximum Gasteiger partial charge on any atom is 0.226 e. The van der Waals surface area contributed by atoms with Crippen LogP contribution in [0, 0.1) is 5.92 Å². The summed E-state index contributed by atoms with van der Waals surface area (Å²) in [5.74, 6) is 1.81. The van der Waals surface area contributed by atoms with Crippen molar-refractivity contribution in [1.82, 2.24) is 10.3 Å². The zero-order valence-electron chi connectivity index (χ0n) is 16.0. The van der Waals surface area contributed by atoms with Gasteiger partial charge in [0.1, 0.15) is 11.5 Å². The Bertz CT molecular complexity index is 982. The van der Waals surface area contributed by atoms with Crippen molar-refractivity contribution >= 4 is 32.6 Å². The number of para-hydroxylation sites is 1. The number of rotatable bonds is 7. The van der Waals surface area contributed by atoms with E-state index in [4.69, 9.17) is 9.47 Å². The van der Waals surface area contributed by atoms with Crippen LogP contribution in [0.1, 0.15) is 5.56 Å². The van der Waals surface area contributed by atoms with E-state index in [1.165, 1.54) is 0 Å². The van der Waals surface area contributed by atoms with Crippen molar-refractivity contribution in [2.45, 2.75) is 6.42 Å². The van der Waals surface area contributed by atoms with E-state index in [1.807, 2.05) is 42.5 Å². The first-order chi connectivity index (χ1) is 13.7. The molecule has 1 aliphatic heterocycles. The Balaban J connectivity index is 1.28. The molecule has 0 atom stereocenters. The molecule has 0 spiro atoms. The predicted octanol–water partition coefficient (Wildman–Crippen LogP) is 3.11. The lowest BCUT2D eigenvalue weighted by atomic mass is 10.00. The van der Waals surface area contributed by atoms with Gasteiger partial charge in [-0.05, 0) is 36.2 Å². The molecule has 1 saturated heterocycles. The van der Waals surface area contributed by atoms with Gasteiger partial charge in [-0.15, -0.1) is 0 Å². The first-order valence-corrected chi connectivity index (χ1v) is 10.1. The summed E-state index contributed by atoms with van der Waals surface area (Å²) < 4.78 is 11.7. The smallest absolute Gasteiger partial charge is 0.226 e. The van der Waals surface area contributed by atoms with Crippen molar-refractivity contribution < 1.29 is 14.3 Å². The van der Waals surface area contributed by atoms with Gasteiger partial charge in [0, 0.05) is 19.6 Å². The molecule has 146 valence electrons. The summed E-state index contributed by atoms with van der Waals surface area (Å²) in [6, 6.07) is 13.8. The van der Waals surface area contributed by atoms with Gasteiger partial charge in [0.05, 0.1) is 30.4 Å². The highest BCUT2D eigenvalue weighted by Crippen LogP contribution is 2.34. The number of hydrogen-bond acceptors (Lipinski definition) is 6. The second-order valence-corrected chi connectivity index (χ2v) is 7.79. The monoisotopic (exact) mass is 397 g/mol. The highest BCUT2D eigenvalue weighted by molar-refractivity contribution is 7.22. The maximum absolute atomic E-state index is 12.4. The van der Waals surface area contributed by atoms with Crippen LogP contribution in [0.15, 0.2) is 42.5 Å². The highest BCUT2D eigenvalue weighted by atomic mass is 32.1. The summed E-state index contributed by atoms with van der Waals surface area (Å²) in [6.45, 7) is 2.02. The predicted molar refractivity (Wildman–Crippen MR) is 112 cm³/mol. The first-order valence-electron chi connectivity index (χ1n) is 9.27. The van der Waals surface area contributed by atoms with E-state index in [-0.39, 0.29) is 11.8 Å². The molecule has 0 aliphatic carbocycles. The minimum absolute atomic E-state index is 0.0132. The molecule has 6 nitrogen and oxygen atoms in total. The molecule has 0 bridgehead atoms. The number of nitrogens with one attached hydrogen (secondary N) is 1. The molecule has 1 fully saturated rings. The number of nitrogens with zero attached hydrogens (tertiary/aromatic N) is 2. The summed E-state index contributed by atoms with van der Waals surface area (Å²) in [5, 5.41) is 4.00. The van der Waals surface area contributed by atoms with Crippen LogP contribution >= 0.6 is 11.3 Å². The van der Waals surface area contributed by atoms with E-state index in [1.54, 1.807) is 25.6 Å². The number of hydrogen-bond donors (Lipinski definition) is 1. The van der Waals surface area contributed by atoms with E-state index >= 15 is 0 Å². The molecule has 0 saturated carbocycles. The Hall–Kier alpha value is -2.80. The first kappa shape index (κ1) is 18.6. The van der Waals surface area contributed by atoms with Crippen molar-refractivity contribution in [3.8, 4) is 11.5 Å². The molecule has 2 aromatic carbocycles. The van der Waals surface area contributed by atoms with E-state index in [0.29, 0.717) is 19.6 Å². The van der Waals surface area contributed by atoms with Crippen LogP contribution in [0.4, 0.5) is 5.13 Å². The quantitative estimate of drug-likeness (QED) is 0.664. The van der Waals surface area contributed by atoms with Gasteiger partial charge >= 0.3 is 0 Å². The summed E-state index contributed by atoms with van der Waals surface area (Å²) in [5.41, 5.74) is 2.07. The SMILES string of the molecule is COc1ccc2nc(N3CC(C(=O)NCCc4ccccc4OC)C3)sc2c1. The average molecular weight is 398 g/mol. The van der Waals surface area contributed by atoms with Crippen molar-refractivity contribution in [3.63, 3.8) is 0 Å². The molecule has 1 aromatic heterocycles. The number of aromatic nitrogens is 1. The molecule has 1 aliphatic rings. The second kappa shape index (κ2) is 8.06. The molecule has 28 heavy (non-hydrogen) atoms. The Kier molecular flexibility index (Phi) is 5.34. The van der Waals surface area contributed by atoms with Gasteiger partial charge < -0.3 is 19.7 Å². The van der Waals surface area contributed by atoms with Crippen molar-refractivity contribution in [2.75, 3.05) is 38.8 Å². The summed E-state index contributed by atoms with van der Waals surface area (Å²) >= 11 is 1.63. The molecular formula is C21H23N3O3S. The fourth-order valence-corrected chi connectivity index (χ4v) is 4.34. The van der Waals surface area contributed by atoms with Gasteiger partial charge in [-0.1, -0.05) is 29.5 Å². The number of carbonyl (C=O) groups is 1. The Morgan fingerprint density at radius 2 is 2.04 bits per heavy atom. The molecule has 2 heterocycles. The van der Waals surface area contributed by atoms with Crippen molar-refractivity contribution in [3.05, 3.63) is 48.0 Å². The molecule has 3 aromatic rings. The van der Waals surface area contributed by atoms with Crippen LogP contribution in [-0.4, -0.2) is 44.7 Å². The minimum atomic E-state index is 0.0132. The lowest BCUT2D eigenvalue weighted by Crippen LogP contribution is -2.54. The number of amides is 1. The largest absolute Gasteiger partial charge is 0.497 e. The number of ether oxygens (including phenoxy) is 2. The Morgan fingerprint density at radius 1 is 1.21 bits per heavy atom. The lowest BCUT2D eigenvalue weighted by Gasteiger charge is -2.37. The van der Waals surface area contributed by atoms with Crippen LogP contribution in [0.5, 0.6) is 11.5 Å². The summed E-state index contributed by atoms with van der Waals surface area (Å²) in [4.78, 5) is 19.2. The van der Waals surface area contributed by atoms with E-state index in [9.17, 15) is 4.79 Å². The molecule has 0 radical (unpaired) electrons. The minimum Gasteiger partial charge on any atom is -0.497 e. The standard InChI is InChI=1S/C21H23N3O3S/c1-26-16-7-8-17-19(11-16)28-21(23-17)24-12-15(13-24)20(25)22-10-9-14-5-3-4-6-18(14)27-2/h3-8,11,15H,9-10,12-13H2,1-2H3,(H,22,25). The molecule has 7 heteroatoms. The van der Waals surface area contributed by atoms with E-state index in [2.05, 4.69) is 15.2 Å². The van der Waals surface area contributed by atoms with Gasteiger partial charge in [0.25, 0.3) is 0 Å². The van der Waals surface area contributed by atoms with Crippen LogP contribution in [0.2, 0.25) is 0 Å². The van der Waals surface area contributed by atoms with Crippen molar-refractivity contribution in [2.24, 2.45) is 5.92 Å². The third kappa shape index (κ3) is 3.75. The number of thiazole rings is 1. The van der Waals surface area contributed by atoms with Crippen molar-refractivity contribution in [1.29, 1.82) is 0 Å². The lowest BCUT2D eigenvalue weighted by molar-refractivity contribution is -0.125.